The van der Waals surface area contributed by atoms with Gasteiger partial charge in [0.1, 0.15) is 11.1 Å². The normalized spacial score (nSPS) is 31.7. The van der Waals surface area contributed by atoms with Crippen LogP contribution in [0.5, 0.6) is 0 Å². The third-order valence-electron chi connectivity index (χ3n) is 9.46. The fourth-order valence-electron chi connectivity index (χ4n) is 8.41. The zero-order valence-corrected chi connectivity index (χ0v) is 22.7. The number of anilines is 2. The summed E-state index contributed by atoms with van der Waals surface area (Å²) in [6, 6.07) is 11.2. The second-order valence-corrected chi connectivity index (χ2v) is 11.8. The number of hydrogen-bond donors (Lipinski definition) is 0. The molecule has 3 fully saturated rings. The van der Waals surface area contributed by atoms with E-state index in [9.17, 15) is 9.59 Å². The van der Waals surface area contributed by atoms with Gasteiger partial charge in [-0.25, -0.2) is 0 Å². The molecule has 5 heterocycles. The minimum Gasteiger partial charge on any atom is -0.306 e. The second kappa shape index (κ2) is 8.43. The first-order chi connectivity index (χ1) is 18.4. The first-order valence-corrected chi connectivity index (χ1v) is 14.2. The predicted octanol–water partition coefficient (Wildman–Crippen LogP) is 5.09. The van der Waals surface area contributed by atoms with E-state index in [1.54, 1.807) is 12.2 Å². The van der Waals surface area contributed by atoms with E-state index in [0.29, 0.717) is 23.1 Å². The molecule has 2 aromatic carbocycles. The Morgan fingerprint density at radius 2 is 1.18 bits per heavy atom. The van der Waals surface area contributed by atoms with E-state index in [4.69, 9.17) is 23.2 Å². The highest BCUT2D eigenvalue weighted by atomic mass is 35.5. The molecule has 4 atom stereocenters. The third kappa shape index (κ3) is 2.72. The number of carbonyl (C=O) groups excluding carboxylic acids is 2. The van der Waals surface area contributed by atoms with Crippen LogP contribution in [0, 0.1) is 0 Å². The van der Waals surface area contributed by atoms with Gasteiger partial charge in [0.15, 0.2) is 0 Å². The number of halogens is 2. The van der Waals surface area contributed by atoms with Crippen LogP contribution < -0.4 is 9.80 Å². The third-order valence-corrected chi connectivity index (χ3v) is 9.93. The fourth-order valence-corrected chi connectivity index (χ4v) is 8.75. The van der Waals surface area contributed by atoms with Gasteiger partial charge in [-0.1, -0.05) is 35.4 Å². The van der Waals surface area contributed by atoms with E-state index in [1.165, 1.54) is 0 Å². The molecule has 4 unspecified atom stereocenters. The Morgan fingerprint density at radius 1 is 0.763 bits per heavy atom. The van der Waals surface area contributed by atoms with Crippen LogP contribution in [0.25, 0.3) is 0 Å². The average molecular weight is 550 g/mol. The molecule has 7 rings (SSSR count). The summed E-state index contributed by atoms with van der Waals surface area (Å²) in [4.78, 5) is 37.9. The lowest BCUT2D eigenvalue weighted by atomic mass is 9.70. The highest BCUT2D eigenvalue weighted by molar-refractivity contribution is 6.31. The van der Waals surface area contributed by atoms with Crippen LogP contribution in [0.4, 0.5) is 11.4 Å². The summed E-state index contributed by atoms with van der Waals surface area (Å²) in [5.74, 6) is 0.126. The molecule has 5 aliphatic rings. The number of benzene rings is 2. The summed E-state index contributed by atoms with van der Waals surface area (Å²) in [7, 11) is 0. The predicted molar refractivity (Wildman–Crippen MR) is 151 cm³/mol. The van der Waals surface area contributed by atoms with Gasteiger partial charge in [-0.05, 0) is 62.1 Å². The number of nitrogens with zero attached hydrogens (tertiary/aromatic N) is 4. The van der Waals surface area contributed by atoms with Crippen LogP contribution >= 0.6 is 23.2 Å². The first kappa shape index (κ1) is 24.4. The van der Waals surface area contributed by atoms with Crippen molar-refractivity contribution in [2.45, 2.75) is 48.8 Å². The van der Waals surface area contributed by atoms with Crippen molar-refractivity contribution in [1.82, 2.24) is 9.80 Å². The molecule has 3 saturated heterocycles. The fraction of sp³-hybridized carbons (Fsp3) is 0.400. The molecule has 6 nitrogen and oxygen atoms in total. The summed E-state index contributed by atoms with van der Waals surface area (Å²) in [5.41, 5.74) is 1.88. The van der Waals surface area contributed by atoms with E-state index in [1.807, 2.05) is 46.2 Å². The van der Waals surface area contributed by atoms with Crippen molar-refractivity contribution in [2.24, 2.45) is 0 Å². The van der Waals surface area contributed by atoms with E-state index in [0.717, 1.165) is 61.3 Å². The molecule has 196 valence electrons. The van der Waals surface area contributed by atoms with Crippen molar-refractivity contribution >= 4 is 46.4 Å². The minimum atomic E-state index is -0.906. The van der Waals surface area contributed by atoms with Gasteiger partial charge in [-0.3, -0.25) is 19.4 Å². The van der Waals surface area contributed by atoms with Gasteiger partial charge in [-0.15, -0.1) is 13.2 Å². The van der Waals surface area contributed by atoms with Crippen LogP contribution in [0.2, 0.25) is 10.0 Å². The Morgan fingerprint density at radius 3 is 1.58 bits per heavy atom. The maximum absolute atomic E-state index is 14.7. The molecule has 0 radical (unpaired) electrons. The van der Waals surface area contributed by atoms with Gasteiger partial charge in [0.25, 0.3) is 11.8 Å². The molecule has 0 aliphatic carbocycles. The summed E-state index contributed by atoms with van der Waals surface area (Å²) in [6.07, 6.45) is 7.00. The molecule has 2 aromatic rings. The Hall–Kier alpha value is -2.64. The number of amides is 2. The standard InChI is InChI=1S/C30H30Cl2N4O2/c1-3-13-33-23-11-9-19(31)17-21(23)29(27(33)37)25-7-5-16-36(25)30(26-8-6-15-35(26)29)22-18-20(32)10-12-24(22)34(14-4-2)28(30)38/h3-4,9-12,17-18,25-26H,1-2,5-8,13-16H2. The smallest absolute Gasteiger partial charge is 0.254 e. The van der Waals surface area contributed by atoms with Gasteiger partial charge in [0, 0.05) is 70.8 Å². The summed E-state index contributed by atoms with van der Waals surface area (Å²) >= 11 is 13.2. The molecular weight excluding hydrogens is 519 g/mol. The van der Waals surface area contributed by atoms with Crippen molar-refractivity contribution in [3.05, 3.63) is 82.9 Å². The molecule has 5 aliphatic heterocycles. The van der Waals surface area contributed by atoms with E-state index < -0.39 is 11.1 Å². The van der Waals surface area contributed by atoms with Crippen molar-refractivity contribution in [1.29, 1.82) is 0 Å². The van der Waals surface area contributed by atoms with Crippen LogP contribution in [-0.4, -0.2) is 59.9 Å². The maximum Gasteiger partial charge on any atom is 0.254 e. The van der Waals surface area contributed by atoms with E-state index in [2.05, 4.69) is 23.0 Å². The minimum absolute atomic E-state index is 0.0630. The number of fused-ring (bicyclic) bond motifs is 10. The number of rotatable bonds is 4. The average Bonchev–Trinajstić information content (AvgIpc) is 3.67. The lowest BCUT2D eigenvalue weighted by Gasteiger charge is -2.60. The van der Waals surface area contributed by atoms with Crippen LogP contribution in [0.15, 0.2) is 61.7 Å². The van der Waals surface area contributed by atoms with Gasteiger partial charge >= 0.3 is 0 Å². The second-order valence-electron chi connectivity index (χ2n) is 11.0. The van der Waals surface area contributed by atoms with E-state index >= 15 is 0 Å². The first-order valence-electron chi connectivity index (χ1n) is 13.4. The van der Waals surface area contributed by atoms with Crippen LogP contribution in [0.1, 0.15) is 36.8 Å². The van der Waals surface area contributed by atoms with Crippen molar-refractivity contribution in [2.75, 3.05) is 36.0 Å². The molecule has 0 aromatic heterocycles. The zero-order chi connectivity index (χ0) is 26.4. The Balaban J connectivity index is 1.51. The van der Waals surface area contributed by atoms with E-state index in [-0.39, 0.29) is 23.9 Å². The number of carbonyl (C=O) groups is 2. The molecule has 8 heteroatoms. The molecule has 2 amide bonds. The van der Waals surface area contributed by atoms with Gasteiger partial charge in [0.05, 0.1) is 0 Å². The van der Waals surface area contributed by atoms with Gasteiger partial charge in [0.2, 0.25) is 0 Å². The lowest BCUT2D eigenvalue weighted by molar-refractivity contribution is -0.171. The van der Waals surface area contributed by atoms with Crippen molar-refractivity contribution in [3.8, 4) is 0 Å². The zero-order valence-electron chi connectivity index (χ0n) is 21.2. The molecule has 0 N–H and O–H groups in total. The monoisotopic (exact) mass is 548 g/mol. The Labute approximate surface area is 233 Å². The highest BCUT2D eigenvalue weighted by Crippen LogP contribution is 2.63. The lowest BCUT2D eigenvalue weighted by Crippen LogP contribution is -2.78. The Kier molecular flexibility index (Phi) is 5.41. The molecule has 0 saturated carbocycles. The summed E-state index contributed by atoms with van der Waals surface area (Å²) in [5, 5.41) is 1.23. The molecular formula is C30H30Cl2N4O2. The van der Waals surface area contributed by atoms with Gasteiger partial charge in [-0.2, -0.15) is 0 Å². The molecule has 0 bridgehead atoms. The summed E-state index contributed by atoms with van der Waals surface area (Å²) < 4.78 is 0. The molecule has 38 heavy (non-hydrogen) atoms. The van der Waals surface area contributed by atoms with Crippen molar-refractivity contribution in [3.63, 3.8) is 0 Å². The van der Waals surface area contributed by atoms with Gasteiger partial charge < -0.3 is 9.80 Å². The largest absolute Gasteiger partial charge is 0.306 e. The highest BCUT2D eigenvalue weighted by Gasteiger charge is 2.75. The topological polar surface area (TPSA) is 47.1 Å². The molecule has 2 spiro atoms. The SMILES string of the molecule is C=CCN1C(=O)C2(c3cc(Cl)ccc31)C1CCCN1C1(C(=O)N(CC=C)c3ccc(Cl)cc31)C1CCCN12. The quantitative estimate of drug-likeness (QED) is 0.499. The Bertz CT molecular complexity index is 1280. The van der Waals surface area contributed by atoms with Crippen molar-refractivity contribution < 1.29 is 9.59 Å². The van der Waals surface area contributed by atoms with Crippen LogP contribution in [-0.2, 0) is 20.7 Å². The maximum atomic E-state index is 14.7. The number of piperazine rings is 1. The number of hydrogen-bond acceptors (Lipinski definition) is 4. The summed E-state index contributed by atoms with van der Waals surface area (Å²) in [6.45, 7) is 10.2. The van der Waals surface area contributed by atoms with Crippen LogP contribution in [0.3, 0.4) is 0 Å².